The fraction of sp³-hybridized carbons (Fsp3) is 0.500. The molecule has 9 nitrogen and oxygen atoms in total. The molecule has 1 aliphatic carbocycles. The minimum Gasteiger partial charge on any atom is -0.493 e. The highest BCUT2D eigenvalue weighted by Gasteiger charge is 2.47. The third kappa shape index (κ3) is 5.19. The number of methoxy groups -OCH3 is 3. The number of carbonyl (C=O) groups excluding carboxylic acids is 3. The van der Waals surface area contributed by atoms with E-state index in [-0.39, 0.29) is 30.5 Å². The van der Waals surface area contributed by atoms with Gasteiger partial charge in [-0.15, -0.1) is 0 Å². The fourth-order valence-corrected chi connectivity index (χ4v) is 4.72. The number of allylic oxidation sites excluding steroid dienone is 3. The zero-order valence-corrected chi connectivity index (χ0v) is 21.1. The van der Waals surface area contributed by atoms with Gasteiger partial charge in [0.2, 0.25) is 0 Å². The van der Waals surface area contributed by atoms with Crippen LogP contribution < -0.4 is 14.8 Å². The summed E-state index contributed by atoms with van der Waals surface area (Å²) in [6.07, 6.45) is 0.453. The van der Waals surface area contributed by atoms with Crippen LogP contribution in [0.25, 0.3) is 0 Å². The molecule has 2 aliphatic rings. The van der Waals surface area contributed by atoms with E-state index in [1.54, 1.807) is 25.1 Å². The predicted molar refractivity (Wildman–Crippen MR) is 127 cm³/mol. The van der Waals surface area contributed by atoms with E-state index >= 15 is 0 Å². The van der Waals surface area contributed by atoms with E-state index in [9.17, 15) is 14.4 Å². The molecule has 9 heteroatoms. The van der Waals surface area contributed by atoms with Gasteiger partial charge in [-0.1, -0.05) is 13.0 Å². The first kappa shape index (κ1) is 26.3. The second-order valence-electron chi connectivity index (χ2n) is 8.51. The van der Waals surface area contributed by atoms with Gasteiger partial charge in [0.1, 0.15) is 12.5 Å². The Hall–Kier alpha value is -3.33. The predicted octanol–water partition coefficient (Wildman–Crippen LogP) is 2.90. The summed E-state index contributed by atoms with van der Waals surface area (Å²) < 4.78 is 26.5. The smallest absolute Gasteiger partial charge is 0.336 e. The molecule has 0 fully saturated rings. The maximum atomic E-state index is 13.8. The number of ketones is 1. The van der Waals surface area contributed by atoms with Crippen LogP contribution in [0.15, 0.2) is 40.7 Å². The van der Waals surface area contributed by atoms with Crippen molar-refractivity contribution in [2.45, 2.75) is 33.1 Å². The molecule has 1 heterocycles. The van der Waals surface area contributed by atoms with Crippen LogP contribution in [0.3, 0.4) is 0 Å². The fourth-order valence-electron chi connectivity index (χ4n) is 4.72. The van der Waals surface area contributed by atoms with Gasteiger partial charge >= 0.3 is 11.9 Å². The summed E-state index contributed by atoms with van der Waals surface area (Å²) >= 11 is 0. The second-order valence-corrected chi connectivity index (χ2v) is 8.51. The number of hydrogen-bond acceptors (Lipinski definition) is 9. The van der Waals surface area contributed by atoms with Crippen molar-refractivity contribution in [1.29, 1.82) is 0 Å². The molecule has 0 radical (unpaired) electrons. The molecule has 3 atom stereocenters. The number of dihydropyridines is 1. The van der Waals surface area contributed by atoms with E-state index in [0.717, 1.165) is 0 Å². The lowest BCUT2D eigenvalue weighted by Gasteiger charge is -2.38. The van der Waals surface area contributed by atoms with Crippen LogP contribution in [-0.2, 0) is 28.6 Å². The SMILES string of the molecule is CCOc1ccc([C@@H]2C(C(=O)OCCOC)=C(C)NC3=C2C(=O)[C@@H](C(=O)OC)[C@H](C)C3)cc1OC. The molecule has 1 aromatic carbocycles. The maximum Gasteiger partial charge on any atom is 0.336 e. The van der Waals surface area contributed by atoms with Crippen molar-refractivity contribution < 1.29 is 38.1 Å². The van der Waals surface area contributed by atoms with Crippen molar-refractivity contribution in [3.63, 3.8) is 0 Å². The summed E-state index contributed by atoms with van der Waals surface area (Å²) in [6.45, 7) is 6.23. The minimum atomic E-state index is -0.961. The average molecular weight is 488 g/mol. The molecular formula is C26H33NO8. The van der Waals surface area contributed by atoms with E-state index < -0.39 is 23.8 Å². The number of hydrogen-bond donors (Lipinski definition) is 1. The quantitative estimate of drug-likeness (QED) is 0.319. The number of esters is 2. The molecule has 0 saturated heterocycles. The number of benzene rings is 1. The van der Waals surface area contributed by atoms with Gasteiger partial charge in [0.15, 0.2) is 17.3 Å². The van der Waals surface area contributed by atoms with Crippen molar-refractivity contribution in [2.24, 2.45) is 11.8 Å². The van der Waals surface area contributed by atoms with Crippen molar-refractivity contribution in [3.8, 4) is 11.5 Å². The van der Waals surface area contributed by atoms with E-state index in [0.29, 0.717) is 47.1 Å². The van der Waals surface area contributed by atoms with Crippen LogP contribution in [0, 0.1) is 11.8 Å². The summed E-state index contributed by atoms with van der Waals surface area (Å²) in [4.78, 5) is 39.6. The summed E-state index contributed by atoms with van der Waals surface area (Å²) in [6, 6.07) is 5.29. The highest BCUT2D eigenvalue weighted by Crippen LogP contribution is 2.46. The van der Waals surface area contributed by atoms with Crippen molar-refractivity contribution in [1.82, 2.24) is 5.32 Å². The lowest BCUT2D eigenvalue weighted by molar-refractivity contribution is -0.151. The molecular weight excluding hydrogens is 454 g/mol. The maximum absolute atomic E-state index is 13.8. The number of Topliss-reactive ketones (excluding diaryl/α,β-unsaturated/α-hetero) is 1. The molecule has 0 amide bonds. The average Bonchev–Trinajstić information content (AvgIpc) is 2.83. The lowest BCUT2D eigenvalue weighted by atomic mass is 9.69. The van der Waals surface area contributed by atoms with Gasteiger partial charge < -0.3 is 29.0 Å². The Morgan fingerprint density at radius 2 is 1.86 bits per heavy atom. The van der Waals surface area contributed by atoms with Crippen LogP contribution >= 0.6 is 0 Å². The van der Waals surface area contributed by atoms with Crippen molar-refractivity contribution >= 4 is 17.7 Å². The normalized spacial score (nSPS) is 21.8. The molecule has 1 aliphatic heterocycles. The minimum absolute atomic E-state index is 0.0626. The van der Waals surface area contributed by atoms with E-state index in [1.807, 2.05) is 13.8 Å². The topological polar surface area (TPSA) is 109 Å². The van der Waals surface area contributed by atoms with Gasteiger partial charge in [-0.2, -0.15) is 0 Å². The number of nitrogens with one attached hydrogen (secondary N) is 1. The summed E-state index contributed by atoms with van der Waals surface area (Å²) in [5.74, 6) is -2.51. The van der Waals surface area contributed by atoms with Gasteiger partial charge in [-0.3, -0.25) is 9.59 Å². The van der Waals surface area contributed by atoms with Crippen molar-refractivity contribution in [2.75, 3.05) is 41.2 Å². The zero-order valence-electron chi connectivity index (χ0n) is 21.1. The number of rotatable bonds is 9. The molecule has 1 N–H and O–H groups in total. The summed E-state index contributed by atoms with van der Waals surface area (Å²) in [7, 11) is 4.31. The Morgan fingerprint density at radius 3 is 2.49 bits per heavy atom. The summed E-state index contributed by atoms with van der Waals surface area (Å²) in [5, 5.41) is 3.24. The summed E-state index contributed by atoms with van der Waals surface area (Å²) in [5.41, 5.74) is 2.56. The molecule has 3 rings (SSSR count). The molecule has 0 aromatic heterocycles. The van der Waals surface area contributed by atoms with Crippen LogP contribution in [0.1, 0.15) is 38.7 Å². The molecule has 0 bridgehead atoms. The van der Waals surface area contributed by atoms with Gasteiger partial charge in [0.25, 0.3) is 0 Å². The standard InChI is InChI=1S/C26H33NO8/c1-7-34-18-9-8-16(13-19(18)32-5)22-21(26(30)35-11-10-31-4)15(3)27-17-12-14(2)20(25(29)33-6)24(28)23(17)22/h8-9,13-14,20,22,27H,7,10-12H2,1-6H3/t14-,20+,22-/m1/s1. The molecule has 35 heavy (non-hydrogen) atoms. The first-order valence-corrected chi connectivity index (χ1v) is 11.6. The first-order valence-electron chi connectivity index (χ1n) is 11.6. The van der Waals surface area contributed by atoms with Crippen LogP contribution in [0.2, 0.25) is 0 Å². The van der Waals surface area contributed by atoms with Gasteiger partial charge in [-0.25, -0.2) is 4.79 Å². The Kier molecular flexibility index (Phi) is 8.56. The molecule has 0 unspecified atom stereocenters. The molecule has 190 valence electrons. The second kappa shape index (κ2) is 11.4. The number of ether oxygens (including phenoxy) is 5. The van der Waals surface area contributed by atoms with Gasteiger partial charge in [0.05, 0.1) is 33.0 Å². The Morgan fingerprint density at radius 1 is 1.11 bits per heavy atom. The first-order chi connectivity index (χ1) is 16.8. The van der Waals surface area contributed by atoms with Crippen molar-refractivity contribution in [3.05, 3.63) is 46.3 Å². The lowest BCUT2D eigenvalue weighted by Crippen LogP contribution is -2.43. The van der Waals surface area contributed by atoms with Gasteiger partial charge in [0, 0.05) is 30.0 Å². The molecule has 0 saturated carbocycles. The van der Waals surface area contributed by atoms with Crippen LogP contribution in [0.4, 0.5) is 0 Å². The highest BCUT2D eigenvalue weighted by atomic mass is 16.6. The Bertz CT molecular complexity index is 1060. The third-order valence-corrected chi connectivity index (χ3v) is 6.30. The monoisotopic (exact) mass is 487 g/mol. The third-order valence-electron chi connectivity index (χ3n) is 6.30. The zero-order chi connectivity index (χ0) is 25.7. The molecule has 1 aromatic rings. The van der Waals surface area contributed by atoms with Gasteiger partial charge in [-0.05, 0) is 43.9 Å². The van der Waals surface area contributed by atoms with E-state index in [4.69, 9.17) is 23.7 Å². The van der Waals surface area contributed by atoms with Crippen LogP contribution in [0.5, 0.6) is 11.5 Å². The van der Waals surface area contributed by atoms with Crippen LogP contribution in [-0.4, -0.2) is 58.9 Å². The van der Waals surface area contributed by atoms with E-state index in [1.165, 1.54) is 21.3 Å². The molecule has 0 spiro atoms. The largest absolute Gasteiger partial charge is 0.493 e. The van der Waals surface area contributed by atoms with E-state index in [2.05, 4.69) is 5.32 Å². The Balaban J connectivity index is 2.17. The number of carbonyl (C=O) groups is 3. The Labute approximate surface area is 205 Å². The highest BCUT2D eigenvalue weighted by molar-refractivity contribution is 6.12.